The van der Waals surface area contributed by atoms with Gasteiger partial charge >= 0.3 is 0 Å². The Morgan fingerprint density at radius 2 is 1.94 bits per heavy atom. The van der Waals surface area contributed by atoms with Gasteiger partial charge in [0.05, 0.1) is 11.8 Å². The molecular formula is C25H39N5O. The standard InChI is InChI=1S/C25H39N5O/c1-6-26-25(28-18(2)17-24-19(3)29-30(5)20(24)4)27-16-15-21-11-13-23(14-12-21)31-22-9-7-8-10-22/h11-14,18,22H,6-10,15-17H2,1-5H3,(H2,26,27,28). The van der Waals surface area contributed by atoms with Gasteiger partial charge in [-0.3, -0.25) is 9.67 Å². The highest BCUT2D eigenvalue weighted by atomic mass is 16.5. The van der Waals surface area contributed by atoms with E-state index in [0.717, 1.165) is 43.3 Å². The number of benzene rings is 1. The van der Waals surface area contributed by atoms with E-state index in [1.165, 1.54) is 42.5 Å². The van der Waals surface area contributed by atoms with E-state index in [-0.39, 0.29) is 6.04 Å². The van der Waals surface area contributed by atoms with E-state index < -0.39 is 0 Å². The summed E-state index contributed by atoms with van der Waals surface area (Å²) in [4.78, 5) is 4.79. The van der Waals surface area contributed by atoms with Gasteiger partial charge in [-0.25, -0.2) is 0 Å². The Balaban J connectivity index is 1.50. The Labute approximate surface area is 187 Å². The lowest BCUT2D eigenvalue weighted by atomic mass is 10.1. The van der Waals surface area contributed by atoms with Gasteiger partial charge in [-0.2, -0.15) is 5.10 Å². The van der Waals surface area contributed by atoms with E-state index >= 15 is 0 Å². The van der Waals surface area contributed by atoms with Crippen molar-refractivity contribution in [2.24, 2.45) is 12.0 Å². The zero-order valence-electron chi connectivity index (χ0n) is 19.9. The molecule has 3 rings (SSSR count). The van der Waals surface area contributed by atoms with Crippen molar-refractivity contribution < 1.29 is 4.74 Å². The van der Waals surface area contributed by atoms with Crippen molar-refractivity contribution >= 4 is 5.96 Å². The quantitative estimate of drug-likeness (QED) is 0.469. The minimum Gasteiger partial charge on any atom is -0.490 e. The molecule has 1 fully saturated rings. The zero-order valence-corrected chi connectivity index (χ0v) is 19.9. The van der Waals surface area contributed by atoms with E-state index in [2.05, 4.69) is 67.7 Å². The smallest absolute Gasteiger partial charge is 0.191 e. The van der Waals surface area contributed by atoms with Crippen molar-refractivity contribution in [3.8, 4) is 5.75 Å². The normalized spacial score (nSPS) is 15.8. The molecule has 6 heteroatoms. The van der Waals surface area contributed by atoms with Gasteiger partial charge in [-0.15, -0.1) is 0 Å². The third-order valence-corrected chi connectivity index (χ3v) is 6.10. The predicted octanol–water partition coefficient (Wildman–Crippen LogP) is 4.09. The van der Waals surface area contributed by atoms with Crippen LogP contribution in [0, 0.1) is 13.8 Å². The number of aliphatic imine (C=N–C) groups is 1. The van der Waals surface area contributed by atoms with Gasteiger partial charge in [0.25, 0.3) is 0 Å². The summed E-state index contributed by atoms with van der Waals surface area (Å²) < 4.78 is 8.02. The Hall–Kier alpha value is -2.50. The fourth-order valence-corrected chi connectivity index (χ4v) is 4.25. The molecule has 1 heterocycles. The fraction of sp³-hybridized carbons (Fsp3) is 0.600. The fourth-order valence-electron chi connectivity index (χ4n) is 4.25. The van der Waals surface area contributed by atoms with E-state index in [1.807, 2.05) is 11.7 Å². The summed E-state index contributed by atoms with van der Waals surface area (Å²) in [5.41, 5.74) is 4.94. The number of aromatic nitrogens is 2. The maximum absolute atomic E-state index is 6.06. The van der Waals surface area contributed by atoms with Crippen LogP contribution in [0.5, 0.6) is 5.75 Å². The van der Waals surface area contributed by atoms with Crippen LogP contribution in [0.2, 0.25) is 0 Å². The van der Waals surface area contributed by atoms with E-state index in [0.29, 0.717) is 6.10 Å². The molecule has 1 aromatic heterocycles. The third-order valence-electron chi connectivity index (χ3n) is 6.10. The summed E-state index contributed by atoms with van der Waals surface area (Å²) >= 11 is 0. The van der Waals surface area contributed by atoms with Crippen LogP contribution in [0.25, 0.3) is 0 Å². The van der Waals surface area contributed by atoms with Crippen LogP contribution in [-0.2, 0) is 19.9 Å². The van der Waals surface area contributed by atoms with Crippen LogP contribution >= 0.6 is 0 Å². The maximum Gasteiger partial charge on any atom is 0.191 e. The monoisotopic (exact) mass is 425 g/mol. The first-order valence-electron chi connectivity index (χ1n) is 11.8. The summed E-state index contributed by atoms with van der Waals surface area (Å²) in [6, 6.07) is 8.79. The molecule has 2 aromatic rings. The Bertz CT molecular complexity index is 850. The number of aryl methyl sites for hydroxylation is 2. The van der Waals surface area contributed by atoms with Crippen LogP contribution in [0.3, 0.4) is 0 Å². The summed E-state index contributed by atoms with van der Waals surface area (Å²) in [5.74, 6) is 1.86. The van der Waals surface area contributed by atoms with Gasteiger partial charge in [0, 0.05) is 31.9 Å². The molecule has 0 amide bonds. The second-order valence-corrected chi connectivity index (χ2v) is 8.70. The molecule has 0 bridgehead atoms. The molecule has 1 aliphatic carbocycles. The first-order valence-corrected chi connectivity index (χ1v) is 11.8. The van der Waals surface area contributed by atoms with Gasteiger partial charge in [0.2, 0.25) is 0 Å². The minimum atomic E-state index is 0.270. The van der Waals surface area contributed by atoms with Crippen LogP contribution in [0.4, 0.5) is 0 Å². The van der Waals surface area contributed by atoms with Gasteiger partial charge in [0.15, 0.2) is 5.96 Å². The highest BCUT2D eigenvalue weighted by molar-refractivity contribution is 5.80. The Kier molecular flexibility index (Phi) is 8.38. The molecular weight excluding hydrogens is 386 g/mol. The lowest BCUT2D eigenvalue weighted by molar-refractivity contribution is 0.210. The molecule has 31 heavy (non-hydrogen) atoms. The van der Waals surface area contributed by atoms with Crippen molar-refractivity contribution in [2.75, 3.05) is 13.1 Å². The third kappa shape index (κ3) is 6.74. The van der Waals surface area contributed by atoms with Crippen molar-refractivity contribution in [2.45, 2.75) is 78.4 Å². The summed E-state index contributed by atoms with van der Waals surface area (Å²) in [7, 11) is 2.00. The zero-order chi connectivity index (χ0) is 22.2. The Morgan fingerprint density at radius 3 is 2.55 bits per heavy atom. The van der Waals surface area contributed by atoms with Crippen molar-refractivity contribution in [1.82, 2.24) is 20.4 Å². The molecule has 170 valence electrons. The number of ether oxygens (including phenoxy) is 1. The maximum atomic E-state index is 6.06. The predicted molar refractivity (Wildman–Crippen MR) is 128 cm³/mol. The van der Waals surface area contributed by atoms with E-state index in [9.17, 15) is 0 Å². The molecule has 0 radical (unpaired) electrons. The molecule has 6 nitrogen and oxygen atoms in total. The van der Waals surface area contributed by atoms with E-state index in [1.54, 1.807) is 0 Å². The molecule has 1 saturated carbocycles. The first kappa shape index (κ1) is 23.2. The average Bonchev–Trinajstić information content (AvgIpc) is 3.33. The van der Waals surface area contributed by atoms with Gasteiger partial charge in [-0.05, 0) is 89.5 Å². The number of hydrogen-bond donors (Lipinski definition) is 2. The topological polar surface area (TPSA) is 63.5 Å². The molecule has 0 aliphatic heterocycles. The molecule has 1 unspecified atom stereocenters. The molecule has 1 atom stereocenters. The molecule has 1 aromatic carbocycles. The van der Waals surface area contributed by atoms with Crippen LogP contribution in [-0.4, -0.2) is 41.0 Å². The molecule has 0 saturated heterocycles. The number of hydrogen-bond acceptors (Lipinski definition) is 3. The number of guanidine groups is 1. The average molecular weight is 426 g/mol. The number of nitrogens with zero attached hydrogens (tertiary/aromatic N) is 3. The van der Waals surface area contributed by atoms with Crippen molar-refractivity contribution in [1.29, 1.82) is 0 Å². The van der Waals surface area contributed by atoms with Gasteiger partial charge < -0.3 is 15.4 Å². The highest BCUT2D eigenvalue weighted by Gasteiger charge is 2.16. The minimum absolute atomic E-state index is 0.270. The van der Waals surface area contributed by atoms with Crippen molar-refractivity contribution in [3.63, 3.8) is 0 Å². The lowest BCUT2D eigenvalue weighted by Gasteiger charge is -2.18. The summed E-state index contributed by atoms with van der Waals surface area (Å²) in [6.45, 7) is 10.1. The SMILES string of the molecule is CCNC(=NCCc1ccc(OC2CCCC2)cc1)NC(C)Cc1c(C)nn(C)c1C. The highest BCUT2D eigenvalue weighted by Crippen LogP contribution is 2.24. The first-order chi connectivity index (χ1) is 15.0. The Morgan fingerprint density at radius 1 is 1.23 bits per heavy atom. The van der Waals surface area contributed by atoms with Crippen LogP contribution < -0.4 is 15.4 Å². The van der Waals surface area contributed by atoms with E-state index in [4.69, 9.17) is 9.73 Å². The largest absolute Gasteiger partial charge is 0.490 e. The van der Waals surface area contributed by atoms with Gasteiger partial charge in [-0.1, -0.05) is 12.1 Å². The molecule has 0 spiro atoms. The number of rotatable bonds is 9. The second-order valence-electron chi connectivity index (χ2n) is 8.70. The van der Waals surface area contributed by atoms with Gasteiger partial charge in [0.1, 0.15) is 5.75 Å². The van der Waals surface area contributed by atoms with Crippen LogP contribution in [0.15, 0.2) is 29.3 Å². The number of nitrogens with one attached hydrogen (secondary N) is 2. The molecule has 2 N–H and O–H groups in total. The lowest BCUT2D eigenvalue weighted by Crippen LogP contribution is -2.43. The van der Waals surface area contributed by atoms with Crippen LogP contribution in [0.1, 0.15) is 62.0 Å². The summed E-state index contributed by atoms with van der Waals surface area (Å²) in [6.07, 6.45) is 7.22. The van der Waals surface area contributed by atoms with Crippen molar-refractivity contribution in [3.05, 3.63) is 46.8 Å². The molecule has 1 aliphatic rings. The summed E-state index contributed by atoms with van der Waals surface area (Å²) in [5, 5.41) is 11.4. The second kappa shape index (κ2) is 11.2.